The molecule has 0 aliphatic rings. The molecule has 0 aliphatic heterocycles. The molecular weight excluding hydrogens is 357 g/mol. The Hall–Kier alpha value is -2.66. The highest BCUT2D eigenvalue weighted by atomic mass is 32.2. The summed E-state index contributed by atoms with van der Waals surface area (Å²) in [5.74, 6) is 0.461. The van der Waals surface area contributed by atoms with Gasteiger partial charge in [-0.25, -0.2) is 9.37 Å². The first-order valence-corrected chi connectivity index (χ1v) is 9.82. The second-order valence-electron chi connectivity index (χ2n) is 6.69. The van der Waals surface area contributed by atoms with E-state index in [0.29, 0.717) is 5.75 Å². The van der Waals surface area contributed by atoms with Gasteiger partial charge in [0, 0.05) is 11.9 Å². The lowest BCUT2D eigenvalue weighted by Crippen LogP contribution is -2.04. The Morgan fingerprint density at radius 3 is 2.81 bits per heavy atom. The van der Waals surface area contributed by atoms with Gasteiger partial charge in [-0.1, -0.05) is 47.7 Å². The van der Waals surface area contributed by atoms with E-state index in [-0.39, 0.29) is 5.82 Å². The summed E-state index contributed by atoms with van der Waals surface area (Å²) >= 11 is 1.62. The third-order valence-electron chi connectivity index (χ3n) is 4.61. The molecule has 0 radical (unpaired) electrons. The van der Waals surface area contributed by atoms with Gasteiger partial charge in [-0.2, -0.15) is 0 Å². The van der Waals surface area contributed by atoms with Crippen molar-refractivity contribution in [2.24, 2.45) is 0 Å². The fourth-order valence-electron chi connectivity index (χ4n) is 3.13. The zero-order valence-corrected chi connectivity index (χ0v) is 16.1. The van der Waals surface area contributed by atoms with Crippen molar-refractivity contribution in [2.75, 3.05) is 0 Å². The van der Waals surface area contributed by atoms with Crippen molar-refractivity contribution >= 4 is 22.8 Å². The number of aromatic nitrogens is 3. The van der Waals surface area contributed by atoms with Gasteiger partial charge in [0.15, 0.2) is 5.16 Å². The van der Waals surface area contributed by atoms with Gasteiger partial charge in [0.2, 0.25) is 0 Å². The SMILES string of the molecule is Cc1ccc(C)c(Cn2c(SCc3cccc(F)c3)nc3ccncc32)c1. The van der Waals surface area contributed by atoms with Gasteiger partial charge in [0.1, 0.15) is 5.82 Å². The number of aryl methyl sites for hydroxylation is 2. The van der Waals surface area contributed by atoms with E-state index in [1.54, 1.807) is 30.1 Å². The van der Waals surface area contributed by atoms with E-state index in [1.165, 1.54) is 22.8 Å². The zero-order valence-electron chi connectivity index (χ0n) is 15.3. The Morgan fingerprint density at radius 2 is 1.96 bits per heavy atom. The molecule has 0 atom stereocenters. The molecule has 0 N–H and O–H groups in total. The minimum absolute atomic E-state index is 0.207. The molecule has 0 saturated heterocycles. The lowest BCUT2D eigenvalue weighted by molar-refractivity contribution is 0.626. The average Bonchev–Trinajstić information content (AvgIpc) is 3.01. The maximum absolute atomic E-state index is 13.5. The molecule has 0 fully saturated rings. The van der Waals surface area contributed by atoms with E-state index in [0.717, 1.165) is 28.3 Å². The molecule has 0 spiro atoms. The van der Waals surface area contributed by atoms with Gasteiger partial charge in [-0.15, -0.1) is 0 Å². The molecule has 5 heteroatoms. The number of fused-ring (bicyclic) bond motifs is 1. The van der Waals surface area contributed by atoms with Crippen LogP contribution in [-0.2, 0) is 12.3 Å². The van der Waals surface area contributed by atoms with E-state index in [9.17, 15) is 4.39 Å². The van der Waals surface area contributed by atoms with Crippen molar-refractivity contribution in [3.05, 3.63) is 89.0 Å². The maximum atomic E-state index is 13.5. The molecule has 0 bridgehead atoms. The van der Waals surface area contributed by atoms with Gasteiger partial charge in [-0.05, 0) is 48.7 Å². The van der Waals surface area contributed by atoms with Crippen LogP contribution in [-0.4, -0.2) is 14.5 Å². The number of thioether (sulfide) groups is 1. The van der Waals surface area contributed by atoms with E-state index in [2.05, 4.69) is 41.6 Å². The fourth-order valence-corrected chi connectivity index (χ4v) is 4.08. The summed E-state index contributed by atoms with van der Waals surface area (Å²) in [5, 5.41) is 0.920. The first-order valence-electron chi connectivity index (χ1n) is 8.84. The van der Waals surface area contributed by atoms with Crippen LogP contribution in [0.5, 0.6) is 0 Å². The predicted molar refractivity (Wildman–Crippen MR) is 109 cm³/mol. The van der Waals surface area contributed by atoms with Gasteiger partial charge in [-0.3, -0.25) is 4.98 Å². The fraction of sp³-hybridized carbons (Fsp3) is 0.182. The first-order chi connectivity index (χ1) is 13.1. The van der Waals surface area contributed by atoms with Crippen LogP contribution in [0.4, 0.5) is 4.39 Å². The van der Waals surface area contributed by atoms with E-state index >= 15 is 0 Å². The highest BCUT2D eigenvalue weighted by Gasteiger charge is 2.13. The van der Waals surface area contributed by atoms with Crippen molar-refractivity contribution in [1.29, 1.82) is 0 Å². The minimum atomic E-state index is -0.207. The lowest BCUT2D eigenvalue weighted by atomic mass is 10.1. The largest absolute Gasteiger partial charge is 0.313 e. The highest BCUT2D eigenvalue weighted by Crippen LogP contribution is 2.28. The number of hydrogen-bond acceptors (Lipinski definition) is 3. The molecule has 27 heavy (non-hydrogen) atoms. The monoisotopic (exact) mass is 377 g/mol. The van der Waals surface area contributed by atoms with Crippen molar-refractivity contribution in [2.45, 2.75) is 31.3 Å². The quantitative estimate of drug-likeness (QED) is 0.429. The van der Waals surface area contributed by atoms with Crippen molar-refractivity contribution in [3.8, 4) is 0 Å². The van der Waals surface area contributed by atoms with E-state index in [1.807, 2.05) is 18.3 Å². The van der Waals surface area contributed by atoms with Crippen LogP contribution < -0.4 is 0 Å². The molecule has 2 heterocycles. The van der Waals surface area contributed by atoms with Gasteiger partial charge in [0.05, 0.1) is 23.8 Å². The topological polar surface area (TPSA) is 30.7 Å². The number of pyridine rings is 1. The normalized spacial score (nSPS) is 11.2. The minimum Gasteiger partial charge on any atom is -0.313 e. The number of nitrogens with zero attached hydrogens (tertiary/aromatic N) is 3. The van der Waals surface area contributed by atoms with Gasteiger partial charge in [0.25, 0.3) is 0 Å². The molecule has 4 aromatic rings. The standard InChI is InChI=1S/C22H20FN3S/c1-15-6-7-16(2)18(10-15)13-26-21-12-24-9-8-20(21)25-22(26)27-14-17-4-3-5-19(23)11-17/h3-12H,13-14H2,1-2H3. The molecule has 136 valence electrons. The summed E-state index contributed by atoms with van der Waals surface area (Å²) < 4.78 is 15.7. The molecule has 4 rings (SSSR count). The molecule has 0 amide bonds. The lowest BCUT2D eigenvalue weighted by Gasteiger charge is -2.12. The molecule has 0 saturated carbocycles. The number of hydrogen-bond donors (Lipinski definition) is 0. The van der Waals surface area contributed by atoms with Crippen LogP contribution in [0.2, 0.25) is 0 Å². The average molecular weight is 377 g/mol. The van der Waals surface area contributed by atoms with Crippen molar-refractivity contribution < 1.29 is 4.39 Å². The van der Waals surface area contributed by atoms with E-state index in [4.69, 9.17) is 4.98 Å². The molecule has 2 aromatic carbocycles. The summed E-state index contributed by atoms with van der Waals surface area (Å²) in [5.41, 5.74) is 6.66. The zero-order chi connectivity index (χ0) is 18.8. The summed E-state index contributed by atoms with van der Waals surface area (Å²) in [6.45, 7) is 4.98. The Balaban J connectivity index is 1.69. The van der Waals surface area contributed by atoms with Crippen LogP contribution in [0.3, 0.4) is 0 Å². The van der Waals surface area contributed by atoms with Gasteiger partial charge >= 0.3 is 0 Å². The number of rotatable bonds is 5. The third kappa shape index (κ3) is 3.88. The van der Waals surface area contributed by atoms with Crippen LogP contribution in [0.15, 0.2) is 66.1 Å². The van der Waals surface area contributed by atoms with Crippen molar-refractivity contribution in [1.82, 2.24) is 14.5 Å². The summed E-state index contributed by atoms with van der Waals surface area (Å²) in [6, 6.07) is 15.2. The van der Waals surface area contributed by atoms with Crippen LogP contribution >= 0.6 is 11.8 Å². The third-order valence-corrected chi connectivity index (χ3v) is 5.65. The Morgan fingerprint density at radius 1 is 1.07 bits per heavy atom. The maximum Gasteiger partial charge on any atom is 0.169 e. The highest BCUT2D eigenvalue weighted by molar-refractivity contribution is 7.98. The Labute approximate surface area is 162 Å². The predicted octanol–water partition coefficient (Wildman–Crippen LogP) is 5.53. The molecular formula is C22H20FN3S. The molecule has 3 nitrogen and oxygen atoms in total. The molecule has 0 unspecified atom stereocenters. The van der Waals surface area contributed by atoms with E-state index < -0.39 is 0 Å². The molecule has 2 aromatic heterocycles. The van der Waals surface area contributed by atoms with Crippen molar-refractivity contribution in [3.63, 3.8) is 0 Å². The number of imidazole rings is 1. The smallest absolute Gasteiger partial charge is 0.169 e. The van der Waals surface area contributed by atoms with Crippen LogP contribution in [0.1, 0.15) is 22.3 Å². The Bertz CT molecular complexity index is 1100. The molecule has 0 aliphatic carbocycles. The summed E-state index contributed by atoms with van der Waals surface area (Å²) in [7, 11) is 0. The number of benzene rings is 2. The summed E-state index contributed by atoms with van der Waals surface area (Å²) in [4.78, 5) is 9.07. The van der Waals surface area contributed by atoms with Crippen LogP contribution in [0.25, 0.3) is 11.0 Å². The van der Waals surface area contributed by atoms with Gasteiger partial charge < -0.3 is 4.57 Å². The number of halogens is 1. The second kappa shape index (κ2) is 7.53. The first kappa shape index (κ1) is 17.7. The summed E-state index contributed by atoms with van der Waals surface area (Å²) in [6.07, 6.45) is 3.62. The second-order valence-corrected chi connectivity index (χ2v) is 7.64. The Kier molecular flexibility index (Phi) is 4.94. The van der Waals surface area contributed by atoms with Crippen LogP contribution in [0, 0.1) is 19.7 Å².